The fraction of sp³-hybridized carbons (Fsp3) is 0.250. The van der Waals surface area contributed by atoms with Gasteiger partial charge in [-0.15, -0.1) is 0 Å². The minimum Gasteiger partial charge on any atom is -0.331 e. The molecule has 0 aromatic carbocycles. The highest BCUT2D eigenvalue weighted by molar-refractivity contribution is 5.89. The molecule has 0 aliphatic rings. The molecule has 5 nitrogen and oxygen atoms in total. The average Bonchev–Trinajstić information content (AvgIpc) is 2.16. The lowest BCUT2D eigenvalue weighted by molar-refractivity contribution is -0.119. The Bertz CT molecular complexity index is 203. The Labute approximate surface area is 76.7 Å². The number of rotatable bonds is 5. The van der Waals surface area contributed by atoms with E-state index in [0.29, 0.717) is 0 Å². The predicted molar refractivity (Wildman–Crippen MR) is 49.5 cm³/mol. The molecule has 0 atom stereocenters. The first-order chi connectivity index (χ1) is 6.13. The summed E-state index contributed by atoms with van der Waals surface area (Å²) >= 11 is 0. The van der Waals surface area contributed by atoms with Crippen LogP contribution in [0.25, 0.3) is 0 Å². The van der Waals surface area contributed by atoms with Gasteiger partial charge in [0, 0.05) is 6.54 Å². The molecular weight excluding hydrogens is 170 g/mol. The Morgan fingerprint density at radius 1 is 1.23 bits per heavy atom. The molecule has 0 spiro atoms. The smallest absolute Gasteiger partial charge is 0.245 e. The third kappa shape index (κ3) is 4.76. The van der Waals surface area contributed by atoms with Crippen LogP contribution in [0.1, 0.15) is 0 Å². The summed E-state index contributed by atoms with van der Waals surface area (Å²) in [6, 6.07) is 0. The fourth-order valence-corrected chi connectivity index (χ4v) is 0.615. The molecule has 0 rings (SSSR count). The molecule has 0 aromatic heterocycles. The third-order valence-electron chi connectivity index (χ3n) is 1.24. The highest BCUT2D eigenvalue weighted by atomic mass is 16.2. The molecule has 0 fully saturated rings. The number of nitrogens with one attached hydrogen (secondary N) is 2. The lowest BCUT2D eigenvalue weighted by Crippen LogP contribution is -2.51. The maximum absolute atomic E-state index is 10.8. The Balaban J connectivity index is 4.02. The van der Waals surface area contributed by atoms with Gasteiger partial charge in [-0.3, -0.25) is 9.59 Å². The summed E-state index contributed by atoms with van der Waals surface area (Å²) in [5, 5.41) is 4.84. The van der Waals surface area contributed by atoms with Crippen molar-refractivity contribution in [3.8, 4) is 0 Å². The van der Waals surface area contributed by atoms with E-state index in [9.17, 15) is 9.59 Å². The van der Waals surface area contributed by atoms with Gasteiger partial charge in [-0.1, -0.05) is 13.2 Å². The van der Waals surface area contributed by atoms with Gasteiger partial charge in [0.2, 0.25) is 11.8 Å². The third-order valence-corrected chi connectivity index (χ3v) is 1.24. The van der Waals surface area contributed by atoms with Crippen LogP contribution in [0.4, 0.5) is 0 Å². The van der Waals surface area contributed by atoms with Gasteiger partial charge in [0.25, 0.3) is 0 Å². The highest BCUT2D eigenvalue weighted by Gasteiger charge is 2.08. The zero-order valence-electron chi connectivity index (χ0n) is 7.25. The van der Waals surface area contributed by atoms with Gasteiger partial charge < -0.3 is 16.4 Å². The second-order valence-electron chi connectivity index (χ2n) is 2.21. The van der Waals surface area contributed by atoms with Crippen molar-refractivity contribution in [2.75, 3.05) is 6.54 Å². The minimum atomic E-state index is -0.587. The van der Waals surface area contributed by atoms with E-state index in [4.69, 9.17) is 5.73 Å². The molecule has 0 aliphatic carbocycles. The second-order valence-corrected chi connectivity index (χ2v) is 2.21. The molecule has 0 unspecified atom stereocenters. The molecule has 0 heterocycles. The molecule has 0 saturated heterocycles. The van der Waals surface area contributed by atoms with E-state index in [1.54, 1.807) is 0 Å². The van der Waals surface area contributed by atoms with Gasteiger partial charge in [-0.05, 0) is 12.2 Å². The van der Waals surface area contributed by atoms with E-state index in [1.165, 1.54) is 0 Å². The number of hydrogen-bond acceptors (Lipinski definition) is 3. The van der Waals surface area contributed by atoms with Crippen LogP contribution >= 0.6 is 0 Å². The van der Waals surface area contributed by atoms with Gasteiger partial charge in [-0.25, -0.2) is 0 Å². The monoisotopic (exact) mass is 183 g/mol. The maximum Gasteiger partial charge on any atom is 0.245 e. The first-order valence-electron chi connectivity index (χ1n) is 3.70. The zero-order chi connectivity index (χ0) is 10.3. The van der Waals surface area contributed by atoms with Gasteiger partial charge in [0.15, 0.2) is 0 Å². The topological polar surface area (TPSA) is 84.2 Å². The van der Waals surface area contributed by atoms with Gasteiger partial charge >= 0.3 is 0 Å². The normalized spacial score (nSPS) is 9.08. The summed E-state index contributed by atoms with van der Waals surface area (Å²) in [6.07, 6.45) is 1.61. The van der Waals surface area contributed by atoms with Crippen molar-refractivity contribution in [2.45, 2.75) is 6.17 Å². The molecule has 0 bridgehead atoms. The van der Waals surface area contributed by atoms with Crippen LogP contribution in [0.2, 0.25) is 0 Å². The van der Waals surface area contributed by atoms with Crippen LogP contribution in [0, 0.1) is 0 Å². The Morgan fingerprint density at radius 2 is 1.62 bits per heavy atom. The van der Waals surface area contributed by atoms with Crippen LogP contribution in [0.15, 0.2) is 25.3 Å². The molecule has 5 heteroatoms. The maximum atomic E-state index is 10.8. The number of amides is 2. The Kier molecular flexibility index (Phi) is 5.22. The first-order valence-corrected chi connectivity index (χ1v) is 3.70. The van der Waals surface area contributed by atoms with Crippen molar-refractivity contribution < 1.29 is 9.59 Å². The molecule has 4 N–H and O–H groups in total. The molecule has 0 saturated carbocycles. The highest BCUT2D eigenvalue weighted by Crippen LogP contribution is 1.77. The van der Waals surface area contributed by atoms with E-state index in [2.05, 4.69) is 23.8 Å². The summed E-state index contributed by atoms with van der Waals surface area (Å²) in [5.74, 6) is -0.778. The van der Waals surface area contributed by atoms with Gasteiger partial charge in [0.1, 0.15) is 6.17 Å². The molecule has 0 radical (unpaired) electrons. The lowest BCUT2D eigenvalue weighted by Gasteiger charge is -2.15. The van der Waals surface area contributed by atoms with Crippen molar-refractivity contribution in [1.82, 2.24) is 10.6 Å². The van der Waals surface area contributed by atoms with Crippen LogP contribution < -0.4 is 16.4 Å². The largest absolute Gasteiger partial charge is 0.331 e. The van der Waals surface area contributed by atoms with Crippen LogP contribution in [0.5, 0.6) is 0 Å². The summed E-state index contributed by atoms with van der Waals surface area (Å²) in [4.78, 5) is 21.6. The average molecular weight is 183 g/mol. The van der Waals surface area contributed by atoms with E-state index < -0.39 is 6.17 Å². The van der Waals surface area contributed by atoms with Crippen molar-refractivity contribution in [2.24, 2.45) is 5.73 Å². The standard InChI is InChI=1S/C8H13N3O2/c1-3-7(12)10-6(5-9)11-8(13)4-2/h3-4,6H,1-2,5,9H2,(H,10,12)(H,11,13). The van der Waals surface area contributed by atoms with Crippen LogP contribution in [0.3, 0.4) is 0 Å². The number of nitrogens with two attached hydrogens (primary N) is 1. The van der Waals surface area contributed by atoms with Crippen molar-refractivity contribution in [1.29, 1.82) is 0 Å². The number of carbonyl (C=O) groups is 2. The summed E-state index contributed by atoms with van der Waals surface area (Å²) in [7, 11) is 0. The Hall–Kier alpha value is -1.62. The SMILES string of the molecule is C=CC(=O)NC(CN)NC(=O)C=C. The fourth-order valence-electron chi connectivity index (χ4n) is 0.615. The quantitative estimate of drug-likeness (QED) is 0.372. The van der Waals surface area contributed by atoms with E-state index >= 15 is 0 Å². The number of carbonyl (C=O) groups excluding carboxylic acids is 2. The van der Waals surface area contributed by atoms with Crippen LogP contribution in [-0.4, -0.2) is 24.5 Å². The summed E-state index contributed by atoms with van der Waals surface area (Å²) in [6.45, 7) is 6.63. The second kappa shape index (κ2) is 5.96. The zero-order valence-corrected chi connectivity index (χ0v) is 7.25. The van der Waals surface area contributed by atoms with Crippen molar-refractivity contribution in [3.05, 3.63) is 25.3 Å². The summed E-state index contributed by atoms with van der Waals surface area (Å²) < 4.78 is 0. The van der Waals surface area contributed by atoms with E-state index in [-0.39, 0.29) is 18.4 Å². The first kappa shape index (κ1) is 11.4. The molecule has 0 aliphatic heterocycles. The van der Waals surface area contributed by atoms with Crippen molar-refractivity contribution >= 4 is 11.8 Å². The van der Waals surface area contributed by atoms with E-state index in [0.717, 1.165) is 12.2 Å². The Morgan fingerprint density at radius 3 is 1.85 bits per heavy atom. The molecule has 2 amide bonds. The molecular formula is C8H13N3O2. The van der Waals surface area contributed by atoms with Gasteiger partial charge in [0.05, 0.1) is 0 Å². The van der Waals surface area contributed by atoms with Gasteiger partial charge in [-0.2, -0.15) is 0 Å². The number of hydrogen-bond donors (Lipinski definition) is 3. The van der Waals surface area contributed by atoms with Crippen molar-refractivity contribution in [3.63, 3.8) is 0 Å². The lowest BCUT2D eigenvalue weighted by atomic mass is 10.4. The predicted octanol–water partition coefficient (Wildman–Crippen LogP) is -1.12. The molecule has 72 valence electrons. The molecule has 13 heavy (non-hydrogen) atoms. The van der Waals surface area contributed by atoms with E-state index in [1.807, 2.05) is 0 Å². The minimum absolute atomic E-state index is 0.110. The summed E-state index contributed by atoms with van der Waals surface area (Å²) in [5.41, 5.74) is 5.28. The van der Waals surface area contributed by atoms with Crippen LogP contribution in [-0.2, 0) is 9.59 Å². The molecule has 0 aromatic rings.